The Morgan fingerprint density at radius 3 is 2.37 bits per heavy atom. The van der Waals surface area contributed by atoms with Gasteiger partial charge >= 0.3 is 0 Å². The van der Waals surface area contributed by atoms with Gasteiger partial charge in [-0.25, -0.2) is 8.78 Å². The van der Waals surface area contributed by atoms with Crippen molar-refractivity contribution in [2.75, 3.05) is 0 Å². The Kier molecular flexibility index (Phi) is 3.78. The standard InChI is InChI=1S/C13H20F2N2O2/c14-13(15)6-1-3-9(7-13)11(19)17-12(4-2-5-12)8-10(16)18/h9H,1-8H2,(H2,16,18)(H,17,19). The highest BCUT2D eigenvalue weighted by Gasteiger charge is 2.44. The van der Waals surface area contributed by atoms with Gasteiger partial charge in [-0.3, -0.25) is 9.59 Å². The summed E-state index contributed by atoms with van der Waals surface area (Å²) in [5.41, 5.74) is 4.60. The van der Waals surface area contributed by atoms with Crippen LogP contribution in [0.3, 0.4) is 0 Å². The van der Waals surface area contributed by atoms with Crippen molar-refractivity contribution in [3.63, 3.8) is 0 Å². The maximum Gasteiger partial charge on any atom is 0.248 e. The van der Waals surface area contributed by atoms with Crippen LogP contribution in [0.1, 0.15) is 51.4 Å². The fourth-order valence-corrected chi connectivity index (χ4v) is 3.04. The van der Waals surface area contributed by atoms with E-state index in [0.29, 0.717) is 25.7 Å². The number of primary amides is 1. The number of alkyl halides is 2. The van der Waals surface area contributed by atoms with Gasteiger partial charge in [0.1, 0.15) is 0 Å². The second kappa shape index (κ2) is 5.06. The smallest absolute Gasteiger partial charge is 0.248 e. The second-order valence-corrected chi connectivity index (χ2v) is 5.92. The zero-order valence-corrected chi connectivity index (χ0v) is 10.9. The Hall–Kier alpha value is -1.20. The summed E-state index contributed by atoms with van der Waals surface area (Å²) in [4.78, 5) is 23.1. The zero-order chi connectivity index (χ0) is 14.1. The minimum Gasteiger partial charge on any atom is -0.370 e. The maximum atomic E-state index is 13.3. The number of halogens is 2. The molecule has 0 radical (unpaired) electrons. The molecule has 108 valence electrons. The van der Waals surface area contributed by atoms with Crippen molar-refractivity contribution in [2.24, 2.45) is 11.7 Å². The largest absolute Gasteiger partial charge is 0.370 e. The van der Waals surface area contributed by atoms with E-state index in [1.54, 1.807) is 0 Å². The number of rotatable bonds is 4. The number of hydrogen-bond acceptors (Lipinski definition) is 2. The molecule has 0 aromatic rings. The van der Waals surface area contributed by atoms with Crippen molar-refractivity contribution < 1.29 is 18.4 Å². The van der Waals surface area contributed by atoms with Crippen LogP contribution in [0.4, 0.5) is 8.78 Å². The molecule has 2 rings (SSSR count). The Morgan fingerprint density at radius 2 is 1.89 bits per heavy atom. The average Bonchev–Trinajstić information content (AvgIpc) is 2.23. The summed E-state index contributed by atoms with van der Waals surface area (Å²) in [6.45, 7) is 0. The summed E-state index contributed by atoms with van der Waals surface area (Å²) >= 11 is 0. The highest BCUT2D eigenvalue weighted by atomic mass is 19.3. The normalized spacial score (nSPS) is 28.2. The van der Waals surface area contributed by atoms with Crippen LogP contribution >= 0.6 is 0 Å². The summed E-state index contributed by atoms with van der Waals surface area (Å²) < 4.78 is 26.6. The van der Waals surface area contributed by atoms with E-state index in [2.05, 4.69) is 5.32 Å². The molecule has 0 bridgehead atoms. The topological polar surface area (TPSA) is 72.2 Å². The van der Waals surface area contributed by atoms with Gasteiger partial charge in [0, 0.05) is 30.7 Å². The Morgan fingerprint density at radius 1 is 1.21 bits per heavy atom. The van der Waals surface area contributed by atoms with Gasteiger partial charge in [0.15, 0.2) is 0 Å². The molecule has 3 N–H and O–H groups in total. The first-order valence-electron chi connectivity index (χ1n) is 6.80. The highest BCUT2D eigenvalue weighted by Crippen LogP contribution is 2.39. The lowest BCUT2D eigenvalue weighted by atomic mass is 9.73. The van der Waals surface area contributed by atoms with E-state index in [1.807, 2.05) is 0 Å². The van der Waals surface area contributed by atoms with Crippen LogP contribution < -0.4 is 11.1 Å². The molecule has 1 unspecified atom stereocenters. The maximum absolute atomic E-state index is 13.3. The first-order valence-corrected chi connectivity index (χ1v) is 6.80. The molecular formula is C13H20F2N2O2. The van der Waals surface area contributed by atoms with Crippen LogP contribution in [0.5, 0.6) is 0 Å². The van der Waals surface area contributed by atoms with Gasteiger partial charge in [-0.2, -0.15) is 0 Å². The number of carbonyl (C=O) groups is 2. The van der Waals surface area contributed by atoms with Crippen molar-refractivity contribution >= 4 is 11.8 Å². The third-order valence-corrected chi connectivity index (χ3v) is 4.22. The molecule has 2 aliphatic carbocycles. The van der Waals surface area contributed by atoms with Crippen LogP contribution in [0.25, 0.3) is 0 Å². The molecule has 0 aromatic heterocycles. The van der Waals surface area contributed by atoms with E-state index in [4.69, 9.17) is 5.73 Å². The Bertz CT molecular complexity index is 381. The number of amides is 2. The van der Waals surface area contributed by atoms with Crippen molar-refractivity contribution in [1.29, 1.82) is 0 Å². The molecule has 0 saturated heterocycles. The van der Waals surface area contributed by atoms with Crippen LogP contribution in [0.15, 0.2) is 0 Å². The van der Waals surface area contributed by atoms with Crippen LogP contribution in [-0.4, -0.2) is 23.3 Å². The molecule has 2 saturated carbocycles. The minimum absolute atomic E-state index is 0.0991. The molecule has 0 spiro atoms. The van der Waals surface area contributed by atoms with Gasteiger partial charge in [-0.15, -0.1) is 0 Å². The fourth-order valence-electron chi connectivity index (χ4n) is 3.04. The van der Waals surface area contributed by atoms with Crippen LogP contribution in [-0.2, 0) is 9.59 Å². The SMILES string of the molecule is NC(=O)CC1(NC(=O)C2CCCC(F)(F)C2)CCC1. The third-order valence-electron chi connectivity index (χ3n) is 4.22. The molecule has 0 aliphatic heterocycles. The monoisotopic (exact) mass is 274 g/mol. The van der Waals surface area contributed by atoms with Crippen molar-refractivity contribution in [1.82, 2.24) is 5.32 Å². The van der Waals surface area contributed by atoms with Gasteiger partial charge in [0.05, 0.1) is 0 Å². The zero-order valence-electron chi connectivity index (χ0n) is 10.9. The summed E-state index contributed by atoms with van der Waals surface area (Å²) in [6.07, 6.45) is 2.77. The highest BCUT2D eigenvalue weighted by molar-refractivity contribution is 5.82. The first kappa shape index (κ1) is 14.2. The summed E-state index contributed by atoms with van der Waals surface area (Å²) in [7, 11) is 0. The minimum atomic E-state index is -2.74. The molecule has 0 heterocycles. The van der Waals surface area contributed by atoms with E-state index >= 15 is 0 Å². The van der Waals surface area contributed by atoms with E-state index in [9.17, 15) is 18.4 Å². The fraction of sp³-hybridized carbons (Fsp3) is 0.846. The summed E-state index contributed by atoms with van der Waals surface area (Å²) in [5, 5.41) is 2.80. The molecule has 2 aliphatic rings. The van der Waals surface area contributed by atoms with E-state index < -0.39 is 23.3 Å². The van der Waals surface area contributed by atoms with Gasteiger partial charge in [0.25, 0.3) is 0 Å². The lowest BCUT2D eigenvalue weighted by Crippen LogP contribution is -2.57. The lowest BCUT2D eigenvalue weighted by Gasteiger charge is -2.43. The summed E-state index contributed by atoms with van der Waals surface area (Å²) in [5.74, 6) is -4.19. The van der Waals surface area contributed by atoms with Gasteiger partial charge in [-0.05, 0) is 32.1 Å². The molecule has 2 fully saturated rings. The van der Waals surface area contributed by atoms with E-state index in [0.717, 1.165) is 6.42 Å². The third kappa shape index (κ3) is 3.42. The Balaban J connectivity index is 1.94. The predicted molar refractivity (Wildman–Crippen MR) is 65.4 cm³/mol. The Labute approximate surface area is 111 Å². The molecule has 0 aromatic carbocycles. The average molecular weight is 274 g/mol. The summed E-state index contributed by atoms with van der Waals surface area (Å²) in [6, 6.07) is 0. The molecule has 4 nitrogen and oxygen atoms in total. The number of carbonyl (C=O) groups excluding carboxylic acids is 2. The van der Waals surface area contributed by atoms with Crippen molar-refractivity contribution in [3.8, 4) is 0 Å². The molecular weight excluding hydrogens is 254 g/mol. The van der Waals surface area contributed by atoms with Crippen LogP contribution in [0, 0.1) is 5.92 Å². The number of nitrogens with one attached hydrogen (secondary N) is 1. The van der Waals surface area contributed by atoms with Gasteiger partial charge in [-0.1, -0.05) is 0 Å². The number of nitrogens with two attached hydrogens (primary N) is 1. The van der Waals surface area contributed by atoms with Crippen LogP contribution in [0.2, 0.25) is 0 Å². The van der Waals surface area contributed by atoms with Crippen molar-refractivity contribution in [3.05, 3.63) is 0 Å². The number of hydrogen-bond donors (Lipinski definition) is 2. The lowest BCUT2D eigenvalue weighted by molar-refractivity contribution is -0.136. The van der Waals surface area contributed by atoms with Gasteiger partial charge < -0.3 is 11.1 Å². The predicted octanol–water partition coefficient (Wildman–Crippen LogP) is 1.73. The molecule has 1 atom stereocenters. The van der Waals surface area contributed by atoms with E-state index in [-0.39, 0.29) is 25.2 Å². The molecule has 6 heteroatoms. The first-order chi connectivity index (χ1) is 8.82. The molecule has 19 heavy (non-hydrogen) atoms. The van der Waals surface area contributed by atoms with Crippen molar-refractivity contribution in [2.45, 2.75) is 62.8 Å². The van der Waals surface area contributed by atoms with Gasteiger partial charge in [0.2, 0.25) is 17.7 Å². The molecule has 2 amide bonds. The quantitative estimate of drug-likeness (QED) is 0.819. The second-order valence-electron chi connectivity index (χ2n) is 5.92. The van der Waals surface area contributed by atoms with E-state index in [1.165, 1.54) is 0 Å².